The Morgan fingerprint density at radius 1 is 1.36 bits per heavy atom. The van der Waals surface area contributed by atoms with Gasteiger partial charge in [0.25, 0.3) is 0 Å². The number of aromatic nitrogens is 1. The monoisotopic (exact) mass is 422 g/mol. The molecular formula is C19H26N4O3S2. The van der Waals surface area contributed by atoms with Gasteiger partial charge in [-0.25, -0.2) is 18.1 Å². The number of nitrogens with zero attached hydrogens (tertiary/aromatic N) is 2. The molecule has 0 aromatic carbocycles. The van der Waals surface area contributed by atoms with Gasteiger partial charge in [-0.15, -0.1) is 11.3 Å². The van der Waals surface area contributed by atoms with Crippen molar-refractivity contribution in [3.05, 3.63) is 40.2 Å². The maximum atomic E-state index is 12.4. The number of fused-ring (bicyclic) bond motifs is 1. The number of anilines is 1. The third-order valence-corrected chi connectivity index (χ3v) is 7.30. The molecule has 1 unspecified atom stereocenters. The number of hydrogen-bond acceptors (Lipinski definition) is 6. The van der Waals surface area contributed by atoms with Gasteiger partial charge in [-0.1, -0.05) is 13.3 Å². The summed E-state index contributed by atoms with van der Waals surface area (Å²) in [5.74, 6) is 0.479. The number of thiophene rings is 1. The number of pyridine rings is 1. The van der Waals surface area contributed by atoms with E-state index in [0.29, 0.717) is 12.4 Å². The lowest BCUT2D eigenvalue weighted by molar-refractivity contribution is -0.130. The molecule has 0 spiro atoms. The zero-order valence-corrected chi connectivity index (χ0v) is 17.8. The maximum Gasteiger partial charge on any atom is 0.242 e. The summed E-state index contributed by atoms with van der Waals surface area (Å²) < 4.78 is 27.3. The van der Waals surface area contributed by atoms with E-state index in [1.54, 1.807) is 17.4 Å². The van der Waals surface area contributed by atoms with Gasteiger partial charge in [0.1, 0.15) is 10.7 Å². The Hall–Kier alpha value is -1.97. The SMILES string of the molecule is CCCC(C)NS(=O)(=O)c1ccc(NCC(=O)N2CCc3sccc3C2)nc1. The van der Waals surface area contributed by atoms with Crippen LogP contribution in [0, 0.1) is 0 Å². The molecule has 1 aliphatic heterocycles. The highest BCUT2D eigenvalue weighted by molar-refractivity contribution is 7.89. The number of rotatable bonds is 8. The van der Waals surface area contributed by atoms with Crippen molar-refractivity contribution in [1.82, 2.24) is 14.6 Å². The third-order valence-electron chi connectivity index (χ3n) is 4.71. The first kappa shape index (κ1) is 20.8. The molecular weight excluding hydrogens is 396 g/mol. The molecule has 152 valence electrons. The van der Waals surface area contributed by atoms with E-state index in [1.165, 1.54) is 22.7 Å². The summed E-state index contributed by atoms with van der Waals surface area (Å²) in [5.41, 5.74) is 1.22. The standard InChI is InChI=1S/C19H26N4O3S2/c1-3-4-14(2)22-28(25,26)16-5-6-18(20-11-16)21-12-19(24)23-9-7-17-15(13-23)8-10-27-17/h5-6,8,10-11,14,22H,3-4,7,9,12-13H2,1-2H3,(H,20,21). The van der Waals surface area contributed by atoms with E-state index >= 15 is 0 Å². The van der Waals surface area contributed by atoms with Crippen molar-refractivity contribution in [3.63, 3.8) is 0 Å². The zero-order chi connectivity index (χ0) is 20.1. The summed E-state index contributed by atoms with van der Waals surface area (Å²) in [6.45, 7) is 5.35. The number of hydrogen-bond donors (Lipinski definition) is 2. The minimum atomic E-state index is -3.58. The van der Waals surface area contributed by atoms with E-state index in [2.05, 4.69) is 26.5 Å². The molecule has 3 rings (SSSR count). The molecule has 0 fully saturated rings. The molecule has 1 atom stereocenters. The van der Waals surface area contributed by atoms with Gasteiger partial charge in [-0.3, -0.25) is 4.79 Å². The smallest absolute Gasteiger partial charge is 0.242 e. The maximum absolute atomic E-state index is 12.4. The molecule has 1 amide bonds. The number of carbonyl (C=O) groups is 1. The van der Waals surface area contributed by atoms with Crippen molar-refractivity contribution in [2.24, 2.45) is 0 Å². The fourth-order valence-electron chi connectivity index (χ4n) is 3.21. The van der Waals surface area contributed by atoms with Crippen molar-refractivity contribution in [3.8, 4) is 0 Å². The summed E-state index contributed by atoms with van der Waals surface area (Å²) in [6, 6.07) is 5.03. The average Bonchev–Trinajstić information content (AvgIpc) is 3.14. The predicted octanol–water partition coefficient (Wildman–Crippen LogP) is 2.61. The molecule has 9 heteroatoms. The quantitative estimate of drug-likeness (QED) is 0.682. The van der Waals surface area contributed by atoms with E-state index in [4.69, 9.17) is 0 Å². The summed E-state index contributed by atoms with van der Waals surface area (Å²) >= 11 is 1.74. The molecule has 2 aromatic heterocycles. The minimum Gasteiger partial charge on any atom is -0.361 e. The van der Waals surface area contributed by atoms with Crippen LogP contribution in [0.15, 0.2) is 34.7 Å². The molecule has 0 radical (unpaired) electrons. The molecule has 28 heavy (non-hydrogen) atoms. The van der Waals surface area contributed by atoms with Gasteiger partial charge >= 0.3 is 0 Å². The van der Waals surface area contributed by atoms with E-state index in [0.717, 1.165) is 25.8 Å². The normalized spacial score (nSPS) is 15.1. The Morgan fingerprint density at radius 3 is 2.89 bits per heavy atom. The van der Waals surface area contributed by atoms with Crippen molar-refractivity contribution < 1.29 is 13.2 Å². The second-order valence-electron chi connectivity index (χ2n) is 6.98. The minimum absolute atomic E-state index is 0.00500. The van der Waals surface area contributed by atoms with E-state index < -0.39 is 10.0 Å². The highest BCUT2D eigenvalue weighted by Crippen LogP contribution is 2.24. The molecule has 0 saturated carbocycles. The van der Waals surface area contributed by atoms with Crippen LogP contribution < -0.4 is 10.0 Å². The van der Waals surface area contributed by atoms with Crippen LogP contribution in [0.25, 0.3) is 0 Å². The number of nitrogens with one attached hydrogen (secondary N) is 2. The van der Waals surface area contributed by atoms with Gasteiger partial charge in [0, 0.05) is 30.2 Å². The lowest BCUT2D eigenvalue weighted by Gasteiger charge is -2.27. The molecule has 0 aliphatic carbocycles. The Kier molecular flexibility index (Phi) is 6.69. The lowest BCUT2D eigenvalue weighted by atomic mass is 10.1. The summed E-state index contributed by atoms with van der Waals surface area (Å²) in [5, 5.41) is 5.05. The fraction of sp³-hybridized carbons (Fsp3) is 0.474. The van der Waals surface area contributed by atoms with Gasteiger partial charge in [-0.05, 0) is 48.9 Å². The van der Waals surface area contributed by atoms with Crippen LogP contribution in [0.4, 0.5) is 5.82 Å². The van der Waals surface area contributed by atoms with Gasteiger partial charge in [0.15, 0.2) is 0 Å². The summed E-state index contributed by atoms with van der Waals surface area (Å²) in [6.07, 6.45) is 3.89. The van der Waals surface area contributed by atoms with Crippen LogP contribution >= 0.6 is 11.3 Å². The summed E-state index contributed by atoms with van der Waals surface area (Å²) in [7, 11) is -3.58. The average molecular weight is 423 g/mol. The van der Waals surface area contributed by atoms with Crippen molar-refractivity contribution in [2.75, 3.05) is 18.4 Å². The molecule has 3 heterocycles. The van der Waals surface area contributed by atoms with Crippen LogP contribution in [0.5, 0.6) is 0 Å². The molecule has 0 bridgehead atoms. The topological polar surface area (TPSA) is 91.4 Å². The molecule has 0 saturated heterocycles. The molecule has 2 N–H and O–H groups in total. The largest absolute Gasteiger partial charge is 0.361 e. The first-order valence-electron chi connectivity index (χ1n) is 9.44. The number of carbonyl (C=O) groups excluding carboxylic acids is 1. The van der Waals surface area contributed by atoms with E-state index in [1.807, 2.05) is 18.7 Å². The highest BCUT2D eigenvalue weighted by Gasteiger charge is 2.21. The van der Waals surface area contributed by atoms with Gasteiger partial charge in [-0.2, -0.15) is 0 Å². The first-order chi connectivity index (χ1) is 13.4. The third kappa shape index (κ3) is 5.09. The Bertz CT molecular complexity index is 910. The highest BCUT2D eigenvalue weighted by atomic mass is 32.2. The number of amides is 1. The number of sulfonamides is 1. The summed E-state index contributed by atoms with van der Waals surface area (Å²) in [4.78, 5) is 19.9. The van der Waals surface area contributed by atoms with Crippen LogP contribution in [0.3, 0.4) is 0 Å². The zero-order valence-electron chi connectivity index (χ0n) is 16.1. The molecule has 7 nitrogen and oxygen atoms in total. The molecule has 1 aliphatic rings. The van der Waals surface area contributed by atoms with Crippen LogP contribution in [0.1, 0.15) is 37.1 Å². The van der Waals surface area contributed by atoms with Gasteiger partial charge < -0.3 is 10.2 Å². The van der Waals surface area contributed by atoms with Crippen molar-refractivity contribution in [2.45, 2.75) is 50.6 Å². The van der Waals surface area contributed by atoms with Crippen LogP contribution in [-0.4, -0.2) is 43.3 Å². The van der Waals surface area contributed by atoms with Crippen molar-refractivity contribution in [1.29, 1.82) is 0 Å². The Balaban J connectivity index is 1.54. The second kappa shape index (κ2) is 9.02. The van der Waals surface area contributed by atoms with E-state index in [-0.39, 0.29) is 23.4 Å². The van der Waals surface area contributed by atoms with Crippen LogP contribution in [0.2, 0.25) is 0 Å². The van der Waals surface area contributed by atoms with Gasteiger partial charge in [0.05, 0.1) is 6.54 Å². The molecule has 2 aromatic rings. The Morgan fingerprint density at radius 2 is 2.18 bits per heavy atom. The first-order valence-corrected chi connectivity index (χ1v) is 11.8. The van der Waals surface area contributed by atoms with E-state index in [9.17, 15) is 13.2 Å². The van der Waals surface area contributed by atoms with Gasteiger partial charge in [0.2, 0.25) is 15.9 Å². The second-order valence-corrected chi connectivity index (χ2v) is 9.69. The lowest BCUT2D eigenvalue weighted by Crippen LogP contribution is -2.38. The Labute approximate surface area is 170 Å². The predicted molar refractivity (Wildman–Crippen MR) is 111 cm³/mol. The van der Waals surface area contributed by atoms with Crippen LogP contribution in [-0.2, 0) is 27.8 Å². The van der Waals surface area contributed by atoms with Crippen molar-refractivity contribution >= 4 is 33.1 Å². The fourth-order valence-corrected chi connectivity index (χ4v) is 5.32.